The summed E-state index contributed by atoms with van der Waals surface area (Å²) in [6.07, 6.45) is -3.56. The minimum Gasteiger partial charge on any atom is -0.480 e. The number of benzene rings is 1. The van der Waals surface area contributed by atoms with Crippen LogP contribution in [-0.2, 0) is 17.6 Å². The quantitative estimate of drug-likeness (QED) is 0.496. The number of halogens is 3. The Morgan fingerprint density at radius 1 is 1.15 bits per heavy atom. The number of alkyl halides is 3. The molecule has 8 heteroatoms. The molecule has 0 heterocycles. The second-order valence-corrected chi connectivity index (χ2v) is 6.45. The second kappa shape index (κ2) is 9.16. The Morgan fingerprint density at radius 2 is 1.69 bits per heavy atom. The highest BCUT2D eigenvalue weighted by Crippen LogP contribution is 2.21. The lowest BCUT2D eigenvalue weighted by Crippen LogP contribution is -2.58. The number of carboxylic acids is 1. The number of nitrogens with two attached hydrogens (primary N) is 1. The van der Waals surface area contributed by atoms with Crippen molar-refractivity contribution in [2.24, 2.45) is 5.73 Å². The van der Waals surface area contributed by atoms with Gasteiger partial charge in [0.2, 0.25) is 0 Å². The first-order valence-corrected chi connectivity index (χ1v) is 8.11. The van der Waals surface area contributed by atoms with Gasteiger partial charge in [-0.15, -0.1) is 0 Å². The van der Waals surface area contributed by atoms with Gasteiger partial charge in [0, 0.05) is 0 Å². The Balaban J connectivity index is 2.42. The molecule has 0 bridgehead atoms. The topological polar surface area (TPSA) is 104 Å². The van der Waals surface area contributed by atoms with Crippen molar-refractivity contribution in [2.45, 2.75) is 56.5 Å². The predicted octanol–water partition coefficient (Wildman–Crippen LogP) is 2.19. The number of aliphatic hydroxyl groups is 2. The van der Waals surface area contributed by atoms with Crippen LogP contribution in [0.3, 0.4) is 0 Å². The Labute approximate surface area is 150 Å². The molecular formula is C18H24F3NO4. The summed E-state index contributed by atoms with van der Waals surface area (Å²) in [6.45, 7) is 1.12. The molecule has 5 N–H and O–H groups in total. The van der Waals surface area contributed by atoms with Crippen LogP contribution in [0.2, 0.25) is 0 Å². The van der Waals surface area contributed by atoms with E-state index in [-0.39, 0.29) is 12.0 Å². The van der Waals surface area contributed by atoms with E-state index < -0.39 is 36.3 Å². The van der Waals surface area contributed by atoms with Gasteiger partial charge in [-0.25, -0.2) is 0 Å². The number of hydrogen-bond donors (Lipinski definition) is 4. The number of allylic oxidation sites excluding steroid dienone is 1. The lowest BCUT2D eigenvalue weighted by atomic mass is 9.90. The zero-order valence-corrected chi connectivity index (χ0v) is 14.4. The van der Waals surface area contributed by atoms with Crippen LogP contribution in [0.4, 0.5) is 13.2 Å². The van der Waals surface area contributed by atoms with Gasteiger partial charge in [0.1, 0.15) is 11.6 Å². The van der Waals surface area contributed by atoms with Gasteiger partial charge in [0.05, 0.1) is 12.5 Å². The molecule has 0 amide bonds. The Morgan fingerprint density at radius 3 is 2.19 bits per heavy atom. The second-order valence-electron chi connectivity index (χ2n) is 6.45. The molecule has 0 aliphatic carbocycles. The third-order valence-corrected chi connectivity index (χ3v) is 4.01. The van der Waals surface area contributed by atoms with E-state index in [0.717, 1.165) is 12.5 Å². The van der Waals surface area contributed by atoms with Crippen molar-refractivity contribution in [3.63, 3.8) is 0 Å². The summed E-state index contributed by atoms with van der Waals surface area (Å²) in [4.78, 5) is 10.9. The van der Waals surface area contributed by atoms with Crippen molar-refractivity contribution < 1.29 is 33.3 Å². The molecule has 146 valence electrons. The molecule has 0 aliphatic heterocycles. The molecule has 1 rings (SSSR count). The Kier molecular flexibility index (Phi) is 7.80. The van der Waals surface area contributed by atoms with Gasteiger partial charge in [-0.05, 0) is 37.3 Å². The third-order valence-electron chi connectivity index (χ3n) is 4.01. The van der Waals surface area contributed by atoms with Crippen LogP contribution in [0.1, 0.15) is 30.9 Å². The van der Waals surface area contributed by atoms with Gasteiger partial charge < -0.3 is 21.1 Å². The lowest BCUT2D eigenvalue weighted by molar-refractivity contribution is -0.150. The highest BCUT2D eigenvalue weighted by Gasteiger charge is 2.40. The maximum Gasteiger partial charge on any atom is 0.393 e. The van der Waals surface area contributed by atoms with Crippen LogP contribution in [-0.4, -0.2) is 45.2 Å². The highest BCUT2D eigenvalue weighted by atomic mass is 19.4. The fraction of sp³-hybridized carbons (Fsp3) is 0.500. The van der Waals surface area contributed by atoms with E-state index in [1.54, 1.807) is 24.3 Å². The number of hydrogen-bond acceptors (Lipinski definition) is 4. The predicted molar refractivity (Wildman–Crippen MR) is 90.5 cm³/mol. The minimum atomic E-state index is -4.23. The maximum atomic E-state index is 12.3. The van der Waals surface area contributed by atoms with Crippen LogP contribution in [0.15, 0.2) is 36.4 Å². The van der Waals surface area contributed by atoms with Gasteiger partial charge in [0.25, 0.3) is 0 Å². The van der Waals surface area contributed by atoms with E-state index in [0.29, 0.717) is 12.8 Å². The average molecular weight is 375 g/mol. The van der Waals surface area contributed by atoms with Crippen molar-refractivity contribution in [1.82, 2.24) is 0 Å². The molecule has 26 heavy (non-hydrogen) atoms. The number of aryl methyl sites for hydroxylation is 1. The minimum absolute atomic E-state index is 0.0335. The molecule has 0 saturated heterocycles. The van der Waals surface area contributed by atoms with Gasteiger partial charge in [-0.3, -0.25) is 4.79 Å². The number of carboxylic acid groups (broad SMARTS) is 1. The smallest absolute Gasteiger partial charge is 0.393 e. The van der Waals surface area contributed by atoms with Gasteiger partial charge in [-0.1, -0.05) is 36.4 Å². The molecule has 3 unspecified atom stereocenters. The summed E-state index contributed by atoms with van der Waals surface area (Å²) < 4.78 is 36.8. The van der Waals surface area contributed by atoms with E-state index in [9.17, 15) is 28.2 Å². The van der Waals surface area contributed by atoms with Crippen LogP contribution in [0.5, 0.6) is 0 Å². The van der Waals surface area contributed by atoms with E-state index >= 15 is 0 Å². The molecule has 0 radical (unpaired) electrons. The van der Waals surface area contributed by atoms with Crippen molar-refractivity contribution in [3.05, 3.63) is 47.5 Å². The summed E-state index contributed by atoms with van der Waals surface area (Å²) in [5.74, 6) is -1.41. The third kappa shape index (κ3) is 7.15. The molecule has 0 aromatic heterocycles. The standard InChI is InChI=1S/C18H24F3NO4/c1-17(22,16(25)26)15(24)14(23)6-4-2-3-5-12-7-9-13(10-8-12)11-18(19,20)21/h2,4,7-10,14-15,23-24H,3,5-6,11,22H2,1H3,(H,25,26). The first-order chi connectivity index (χ1) is 11.9. The normalized spacial score (nSPS) is 17.0. The molecule has 5 nitrogen and oxygen atoms in total. The fourth-order valence-electron chi connectivity index (χ4n) is 2.31. The van der Waals surface area contributed by atoms with Gasteiger partial charge in [0.15, 0.2) is 0 Å². The van der Waals surface area contributed by atoms with Crippen molar-refractivity contribution >= 4 is 5.97 Å². The number of carbonyl (C=O) groups is 1. The highest BCUT2D eigenvalue weighted by molar-refractivity contribution is 5.78. The molecule has 0 fully saturated rings. The van der Waals surface area contributed by atoms with E-state index in [4.69, 9.17) is 10.8 Å². The Bertz CT molecular complexity index is 612. The van der Waals surface area contributed by atoms with Crippen LogP contribution < -0.4 is 5.73 Å². The summed E-state index contributed by atoms with van der Waals surface area (Å²) in [7, 11) is 0. The van der Waals surface area contributed by atoms with Crippen molar-refractivity contribution in [1.29, 1.82) is 0 Å². The van der Waals surface area contributed by atoms with Crippen LogP contribution in [0, 0.1) is 0 Å². The first kappa shape index (κ1) is 22.1. The Hall–Kier alpha value is -1.90. The first-order valence-electron chi connectivity index (χ1n) is 8.11. The monoisotopic (exact) mass is 375 g/mol. The maximum absolute atomic E-state index is 12.3. The molecule has 0 aliphatic rings. The fourth-order valence-corrected chi connectivity index (χ4v) is 2.31. The summed E-state index contributed by atoms with van der Waals surface area (Å²) in [6, 6.07) is 6.17. The zero-order chi connectivity index (χ0) is 20.0. The summed E-state index contributed by atoms with van der Waals surface area (Å²) in [5.41, 5.74) is 4.59. The van der Waals surface area contributed by atoms with Crippen molar-refractivity contribution in [3.8, 4) is 0 Å². The lowest BCUT2D eigenvalue weighted by Gasteiger charge is -2.28. The van der Waals surface area contributed by atoms with Crippen molar-refractivity contribution in [2.75, 3.05) is 0 Å². The molecule has 3 atom stereocenters. The number of aliphatic carboxylic acids is 1. The van der Waals surface area contributed by atoms with E-state index in [2.05, 4.69) is 0 Å². The van der Waals surface area contributed by atoms with Crippen LogP contribution >= 0.6 is 0 Å². The molecule has 0 spiro atoms. The van der Waals surface area contributed by atoms with E-state index in [1.807, 2.05) is 0 Å². The number of aliphatic hydroxyl groups excluding tert-OH is 2. The molecule has 1 aromatic rings. The molecular weight excluding hydrogens is 351 g/mol. The summed E-state index contributed by atoms with van der Waals surface area (Å²) >= 11 is 0. The largest absolute Gasteiger partial charge is 0.480 e. The zero-order valence-electron chi connectivity index (χ0n) is 14.4. The van der Waals surface area contributed by atoms with E-state index in [1.165, 1.54) is 12.1 Å². The summed E-state index contributed by atoms with van der Waals surface area (Å²) in [5, 5.41) is 28.5. The molecule has 0 saturated carbocycles. The van der Waals surface area contributed by atoms with Crippen LogP contribution in [0.25, 0.3) is 0 Å². The molecule has 1 aromatic carbocycles. The van der Waals surface area contributed by atoms with Gasteiger partial charge >= 0.3 is 12.1 Å². The average Bonchev–Trinajstić information content (AvgIpc) is 2.53. The SMILES string of the molecule is CC(N)(C(=O)O)C(O)C(O)CC=CCCc1ccc(CC(F)(F)F)cc1. The number of rotatable bonds is 9. The van der Waals surface area contributed by atoms with Gasteiger partial charge in [-0.2, -0.15) is 13.2 Å².